The zero-order valence-corrected chi connectivity index (χ0v) is 11.6. The van der Waals surface area contributed by atoms with E-state index in [2.05, 4.69) is 4.18 Å². The lowest BCUT2D eigenvalue weighted by Crippen LogP contribution is -2.28. The quantitative estimate of drug-likeness (QED) is 0.619. The minimum absolute atomic E-state index is 0.173. The molecule has 0 amide bonds. The van der Waals surface area contributed by atoms with Crippen LogP contribution in [0.15, 0.2) is 30.3 Å². The summed E-state index contributed by atoms with van der Waals surface area (Å²) in [5, 5.41) is 0.910. The molecule has 2 aromatic rings. The first kappa shape index (κ1) is 14.9. The number of benzene rings is 2. The van der Waals surface area contributed by atoms with E-state index < -0.39 is 21.4 Å². The summed E-state index contributed by atoms with van der Waals surface area (Å²) in [6, 6.07) is 8.12. The van der Waals surface area contributed by atoms with Crippen molar-refractivity contribution in [1.29, 1.82) is 0 Å². The summed E-state index contributed by atoms with van der Waals surface area (Å²) >= 11 is 5.95. The van der Waals surface area contributed by atoms with Crippen molar-refractivity contribution in [3.8, 4) is 5.75 Å². The van der Waals surface area contributed by atoms with Crippen molar-refractivity contribution in [2.75, 3.05) is 0 Å². The lowest BCUT2D eigenvalue weighted by molar-refractivity contribution is -0.0500. The molecule has 0 saturated carbocycles. The summed E-state index contributed by atoms with van der Waals surface area (Å²) in [7, 11) is -5.75. The highest BCUT2D eigenvalue weighted by Gasteiger charge is 2.49. The van der Waals surface area contributed by atoms with Crippen LogP contribution in [0.3, 0.4) is 0 Å². The van der Waals surface area contributed by atoms with Crippen molar-refractivity contribution in [2.45, 2.75) is 12.4 Å². The Morgan fingerprint density at radius 2 is 1.80 bits per heavy atom. The molecular formula is C12H8ClF3O3S. The fraction of sp³-hybridized carbons (Fsp3) is 0.167. The molecule has 0 spiro atoms. The first-order chi connectivity index (χ1) is 9.13. The van der Waals surface area contributed by atoms with Gasteiger partial charge >= 0.3 is 15.6 Å². The number of alkyl halides is 3. The smallest absolute Gasteiger partial charge is 0.374 e. The zero-order valence-electron chi connectivity index (χ0n) is 10.0. The lowest BCUT2D eigenvalue weighted by atomic mass is 10.1. The van der Waals surface area contributed by atoms with E-state index in [9.17, 15) is 21.6 Å². The van der Waals surface area contributed by atoms with Crippen molar-refractivity contribution >= 4 is 32.5 Å². The van der Waals surface area contributed by atoms with E-state index in [1.807, 2.05) is 0 Å². The van der Waals surface area contributed by atoms with E-state index in [0.717, 1.165) is 0 Å². The fourth-order valence-corrected chi connectivity index (χ4v) is 2.61. The van der Waals surface area contributed by atoms with Gasteiger partial charge in [0.2, 0.25) is 0 Å². The van der Waals surface area contributed by atoms with Crippen molar-refractivity contribution in [1.82, 2.24) is 0 Å². The molecule has 0 N–H and O–H groups in total. The van der Waals surface area contributed by atoms with Crippen molar-refractivity contribution < 1.29 is 25.8 Å². The van der Waals surface area contributed by atoms with Crippen LogP contribution in [0, 0.1) is 6.92 Å². The maximum Gasteiger partial charge on any atom is 0.534 e. The van der Waals surface area contributed by atoms with Gasteiger partial charge in [0, 0.05) is 5.39 Å². The van der Waals surface area contributed by atoms with E-state index in [1.165, 1.54) is 13.0 Å². The first-order valence-corrected chi connectivity index (χ1v) is 7.11. The average Bonchev–Trinajstić information content (AvgIpc) is 2.33. The molecule has 20 heavy (non-hydrogen) atoms. The van der Waals surface area contributed by atoms with Crippen LogP contribution in [0.1, 0.15) is 5.56 Å². The number of rotatable bonds is 2. The van der Waals surface area contributed by atoms with Crippen LogP contribution < -0.4 is 4.18 Å². The summed E-state index contributed by atoms with van der Waals surface area (Å²) in [6.45, 7) is 1.42. The molecule has 3 nitrogen and oxygen atoms in total. The Bertz CT molecular complexity index is 769. The first-order valence-electron chi connectivity index (χ1n) is 5.32. The topological polar surface area (TPSA) is 43.4 Å². The van der Waals surface area contributed by atoms with E-state index in [4.69, 9.17) is 11.6 Å². The fourth-order valence-electron chi connectivity index (χ4n) is 1.68. The molecule has 0 radical (unpaired) electrons. The van der Waals surface area contributed by atoms with Crippen LogP contribution in [-0.2, 0) is 10.1 Å². The number of halogens is 4. The van der Waals surface area contributed by atoms with Crippen molar-refractivity contribution in [3.05, 3.63) is 40.9 Å². The van der Waals surface area contributed by atoms with Gasteiger partial charge in [0.15, 0.2) is 5.75 Å². The van der Waals surface area contributed by atoms with E-state index >= 15 is 0 Å². The van der Waals surface area contributed by atoms with Gasteiger partial charge < -0.3 is 4.18 Å². The number of hydrogen-bond acceptors (Lipinski definition) is 3. The van der Waals surface area contributed by atoms with E-state index in [0.29, 0.717) is 10.8 Å². The summed E-state index contributed by atoms with van der Waals surface area (Å²) in [5.74, 6) is -0.511. The molecule has 2 rings (SSSR count). The Morgan fingerprint density at radius 1 is 1.20 bits per heavy atom. The van der Waals surface area contributed by atoms with Crippen molar-refractivity contribution in [3.63, 3.8) is 0 Å². The molecule has 0 aliphatic carbocycles. The molecule has 8 heteroatoms. The van der Waals surface area contributed by atoms with Crippen molar-refractivity contribution in [2.24, 2.45) is 0 Å². The third-order valence-corrected chi connectivity index (χ3v) is 3.93. The predicted octanol–water partition coefficient (Wildman–Crippen LogP) is 4.03. The van der Waals surface area contributed by atoms with Gasteiger partial charge in [0.05, 0.1) is 5.02 Å². The minimum atomic E-state index is -5.75. The molecule has 0 heterocycles. The Hall–Kier alpha value is -1.47. The molecule has 108 valence electrons. The summed E-state index contributed by atoms with van der Waals surface area (Å²) in [5.41, 5.74) is -5.31. The van der Waals surface area contributed by atoms with Gasteiger partial charge in [-0.3, -0.25) is 0 Å². The van der Waals surface area contributed by atoms with Gasteiger partial charge in [0.1, 0.15) is 0 Å². The van der Waals surface area contributed by atoms with Crippen LogP contribution in [0.5, 0.6) is 5.75 Å². The van der Waals surface area contributed by atoms with Gasteiger partial charge in [-0.1, -0.05) is 35.9 Å². The molecule has 2 aromatic carbocycles. The third-order valence-electron chi connectivity index (χ3n) is 2.60. The second-order valence-corrected chi connectivity index (χ2v) is 5.96. The second-order valence-electron chi connectivity index (χ2n) is 4.04. The SMILES string of the molecule is Cc1cc2ccccc2c(Cl)c1OS(=O)(=O)C(F)(F)F. The Morgan fingerprint density at radius 3 is 2.40 bits per heavy atom. The Labute approximate surface area is 118 Å². The normalized spacial score (nSPS) is 12.7. The number of aryl methyl sites for hydroxylation is 1. The van der Waals surface area contributed by atoms with Gasteiger partial charge in [-0.2, -0.15) is 21.6 Å². The van der Waals surface area contributed by atoms with E-state index in [-0.39, 0.29) is 10.6 Å². The second kappa shape index (κ2) is 4.82. The highest BCUT2D eigenvalue weighted by molar-refractivity contribution is 7.88. The largest absolute Gasteiger partial charge is 0.534 e. The molecule has 0 saturated heterocycles. The average molecular weight is 325 g/mol. The molecule has 0 aliphatic rings. The molecule has 0 aromatic heterocycles. The zero-order chi connectivity index (χ0) is 15.1. The highest BCUT2D eigenvalue weighted by Crippen LogP contribution is 2.38. The Balaban J connectivity index is 2.62. The maximum atomic E-state index is 12.3. The molecule has 0 fully saturated rings. The van der Waals surface area contributed by atoms with Gasteiger partial charge in [-0.05, 0) is 23.9 Å². The minimum Gasteiger partial charge on any atom is -0.374 e. The summed E-state index contributed by atoms with van der Waals surface area (Å²) in [6.07, 6.45) is 0. The monoisotopic (exact) mass is 324 g/mol. The Kier molecular flexibility index (Phi) is 3.60. The third kappa shape index (κ3) is 2.55. The van der Waals surface area contributed by atoms with Gasteiger partial charge in [0.25, 0.3) is 0 Å². The molecule has 0 aliphatic heterocycles. The predicted molar refractivity (Wildman–Crippen MR) is 69.3 cm³/mol. The van der Waals surface area contributed by atoms with Gasteiger partial charge in [-0.25, -0.2) is 0 Å². The van der Waals surface area contributed by atoms with Crippen LogP contribution >= 0.6 is 11.6 Å². The van der Waals surface area contributed by atoms with Crippen LogP contribution in [0.2, 0.25) is 5.02 Å². The standard InChI is InChI=1S/C12H8ClF3O3S/c1-7-6-8-4-2-3-5-9(8)10(13)11(7)19-20(17,18)12(14,15)16/h2-6H,1H3. The van der Waals surface area contributed by atoms with Crippen LogP contribution in [0.25, 0.3) is 10.8 Å². The van der Waals surface area contributed by atoms with Crippen LogP contribution in [-0.4, -0.2) is 13.9 Å². The maximum absolute atomic E-state index is 12.3. The number of fused-ring (bicyclic) bond motifs is 1. The molecule has 0 unspecified atom stereocenters. The summed E-state index contributed by atoms with van der Waals surface area (Å²) in [4.78, 5) is 0. The van der Waals surface area contributed by atoms with Crippen LogP contribution in [0.4, 0.5) is 13.2 Å². The molecular weight excluding hydrogens is 317 g/mol. The molecule has 0 atom stereocenters. The van der Waals surface area contributed by atoms with Gasteiger partial charge in [-0.15, -0.1) is 0 Å². The summed E-state index contributed by atoms with van der Waals surface area (Å²) < 4.78 is 63.3. The lowest BCUT2D eigenvalue weighted by Gasteiger charge is -2.14. The molecule has 0 bridgehead atoms. The highest BCUT2D eigenvalue weighted by atomic mass is 35.5. The number of hydrogen-bond donors (Lipinski definition) is 0. The van der Waals surface area contributed by atoms with E-state index in [1.54, 1.807) is 24.3 Å².